The standard InChI is InChI=1S/C12H14Cl3N3O2S/c1-7-3-5-8(6-4-7)16-10(21)17-9(12(13,14)15)18-11(19)20-2/h3-6,9H,1-2H3,(H,18,19)(H2,16,17,21)/t9-/m0/s1. The van der Waals surface area contributed by atoms with Crippen LogP contribution in [0.3, 0.4) is 0 Å². The lowest BCUT2D eigenvalue weighted by atomic mass is 10.2. The van der Waals surface area contributed by atoms with Gasteiger partial charge in [0.25, 0.3) is 0 Å². The molecule has 1 amide bonds. The highest BCUT2D eigenvalue weighted by Crippen LogP contribution is 2.29. The number of benzene rings is 1. The van der Waals surface area contributed by atoms with Crippen LogP contribution in [-0.2, 0) is 4.74 Å². The van der Waals surface area contributed by atoms with Gasteiger partial charge in [-0.2, -0.15) is 0 Å². The second-order valence-electron chi connectivity index (χ2n) is 4.08. The summed E-state index contributed by atoms with van der Waals surface area (Å²) in [6.45, 7) is 1.97. The van der Waals surface area contributed by atoms with Crippen molar-refractivity contribution in [3.05, 3.63) is 29.8 Å². The first-order valence-corrected chi connectivity index (χ1v) is 7.32. The van der Waals surface area contributed by atoms with Gasteiger partial charge in [0.2, 0.25) is 3.79 Å². The summed E-state index contributed by atoms with van der Waals surface area (Å²) in [5.41, 5.74) is 1.88. The molecule has 1 aromatic rings. The largest absolute Gasteiger partial charge is 0.453 e. The van der Waals surface area contributed by atoms with E-state index in [4.69, 9.17) is 47.0 Å². The van der Waals surface area contributed by atoms with E-state index in [-0.39, 0.29) is 5.11 Å². The highest BCUT2D eigenvalue weighted by Gasteiger charge is 2.34. The Kier molecular flexibility index (Phi) is 6.80. The molecule has 1 atom stereocenters. The number of hydrogen-bond donors (Lipinski definition) is 3. The molecule has 0 heterocycles. The number of alkyl carbamates (subject to hydrolysis) is 1. The number of anilines is 1. The number of carbonyl (C=O) groups excluding carboxylic acids is 1. The third-order valence-electron chi connectivity index (χ3n) is 2.36. The van der Waals surface area contributed by atoms with Gasteiger partial charge in [0.05, 0.1) is 7.11 Å². The fourth-order valence-electron chi connectivity index (χ4n) is 1.31. The molecule has 0 unspecified atom stereocenters. The van der Waals surface area contributed by atoms with Gasteiger partial charge in [-0.1, -0.05) is 52.5 Å². The van der Waals surface area contributed by atoms with Crippen LogP contribution < -0.4 is 16.0 Å². The monoisotopic (exact) mass is 369 g/mol. The molecule has 5 nitrogen and oxygen atoms in total. The van der Waals surface area contributed by atoms with Crippen molar-refractivity contribution in [2.75, 3.05) is 12.4 Å². The SMILES string of the molecule is COC(=O)N[C@H](NC(=S)Nc1ccc(C)cc1)C(Cl)(Cl)Cl. The van der Waals surface area contributed by atoms with Crippen LogP contribution in [0.5, 0.6) is 0 Å². The Morgan fingerprint density at radius 3 is 2.29 bits per heavy atom. The number of halogens is 3. The first-order chi connectivity index (χ1) is 9.72. The molecule has 0 aromatic heterocycles. The number of rotatable bonds is 3. The highest BCUT2D eigenvalue weighted by atomic mass is 35.6. The second kappa shape index (κ2) is 7.89. The van der Waals surface area contributed by atoms with Crippen molar-refractivity contribution in [1.29, 1.82) is 0 Å². The summed E-state index contributed by atoms with van der Waals surface area (Å²) in [4.78, 5) is 11.2. The maximum atomic E-state index is 11.2. The zero-order valence-electron chi connectivity index (χ0n) is 11.2. The molecule has 0 aliphatic rings. The number of ether oxygens (including phenoxy) is 1. The molecule has 21 heavy (non-hydrogen) atoms. The minimum Gasteiger partial charge on any atom is -0.453 e. The maximum Gasteiger partial charge on any atom is 0.408 e. The van der Waals surface area contributed by atoms with E-state index >= 15 is 0 Å². The Labute approximate surface area is 143 Å². The molecule has 1 aromatic carbocycles. The quantitative estimate of drug-likeness (QED) is 0.433. The van der Waals surface area contributed by atoms with Crippen LogP contribution in [-0.4, -0.2) is 28.3 Å². The molecule has 0 fully saturated rings. The van der Waals surface area contributed by atoms with Crippen molar-refractivity contribution in [3.63, 3.8) is 0 Å². The molecule has 0 aliphatic heterocycles. The van der Waals surface area contributed by atoms with E-state index in [1.807, 2.05) is 31.2 Å². The number of amides is 1. The first kappa shape index (κ1) is 18.1. The van der Waals surface area contributed by atoms with Crippen molar-refractivity contribution in [2.24, 2.45) is 0 Å². The fourth-order valence-corrected chi connectivity index (χ4v) is 1.87. The normalized spacial score (nSPS) is 12.2. The predicted molar refractivity (Wildman–Crippen MR) is 90.2 cm³/mol. The summed E-state index contributed by atoms with van der Waals surface area (Å²) in [5.74, 6) is 0. The highest BCUT2D eigenvalue weighted by molar-refractivity contribution is 7.80. The van der Waals surface area contributed by atoms with Gasteiger partial charge >= 0.3 is 6.09 Å². The molecule has 0 radical (unpaired) electrons. The molecule has 9 heteroatoms. The fraction of sp³-hybridized carbons (Fsp3) is 0.333. The predicted octanol–water partition coefficient (Wildman–Crippen LogP) is 3.33. The zero-order valence-corrected chi connectivity index (χ0v) is 14.3. The second-order valence-corrected chi connectivity index (χ2v) is 6.85. The van der Waals surface area contributed by atoms with Crippen LogP contribution in [0.2, 0.25) is 0 Å². The average molecular weight is 371 g/mol. The van der Waals surface area contributed by atoms with Crippen molar-refractivity contribution < 1.29 is 9.53 Å². The van der Waals surface area contributed by atoms with Crippen molar-refractivity contribution in [3.8, 4) is 0 Å². The van der Waals surface area contributed by atoms with Crippen LogP contribution in [0.25, 0.3) is 0 Å². The zero-order chi connectivity index (χ0) is 16.0. The number of alkyl halides is 3. The summed E-state index contributed by atoms with van der Waals surface area (Å²) in [7, 11) is 1.20. The van der Waals surface area contributed by atoms with E-state index in [1.54, 1.807) is 0 Å². The van der Waals surface area contributed by atoms with Crippen LogP contribution in [0.1, 0.15) is 5.56 Å². The Morgan fingerprint density at radius 2 is 1.81 bits per heavy atom. The lowest BCUT2D eigenvalue weighted by molar-refractivity contribution is 0.166. The number of nitrogens with one attached hydrogen (secondary N) is 3. The molecule has 0 saturated carbocycles. The third kappa shape index (κ3) is 6.56. The summed E-state index contributed by atoms with van der Waals surface area (Å²) in [5, 5.41) is 8.14. The molecule has 0 aliphatic carbocycles. The summed E-state index contributed by atoms with van der Waals surface area (Å²) in [6.07, 6.45) is -1.81. The summed E-state index contributed by atoms with van der Waals surface area (Å²) in [6, 6.07) is 7.54. The Bertz CT molecular complexity index is 505. The van der Waals surface area contributed by atoms with Crippen molar-refractivity contribution >= 4 is 63.9 Å². The lowest BCUT2D eigenvalue weighted by Gasteiger charge is -2.27. The number of hydrogen-bond acceptors (Lipinski definition) is 3. The van der Waals surface area contributed by atoms with E-state index in [2.05, 4.69) is 20.7 Å². The minimum atomic E-state index is -1.81. The first-order valence-electron chi connectivity index (χ1n) is 5.77. The van der Waals surface area contributed by atoms with Crippen molar-refractivity contribution in [1.82, 2.24) is 10.6 Å². The van der Waals surface area contributed by atoms with Gasteiger partial charge < -0.3 is 15.4 Å². The van der Waals surface area contributed by atoms with Gasteiger partial charge in [0.1, 0.15) is 0 Å². The minimum absolute atomic E-state index is 0.187. The third-order valence-corrected chi connectivity index (χ3v) is 3.23. The Hall–Kier alpha value is -0.950. The molecule has 3 N–H and O–H groups in total. The van der Waals surface area contributed by atoms with Crippen LogP contribution >= 0.6 is 47.0 Å². The van der Waals surface area contributed by atoms with E-state index < -0.39 is 16.1 Å². The number of aryl methyl sites for hydroxylation is 1. The van der Waals surface area contributed by atoms with Gasteiger partial charge in [-0.3, -0.25) is 5.32 Å². The maximum absolute atomic E-state index is 11.2. The van der Waals surface area contributed by atoms with Gasteiger partial charge in [-0.05, 0) is 31.3 Å². The molecule has 0 bridgehead atoms. The van der Waals surface area contributed by atoms with Crippen LogP contribution in [0.15, 0.2) is 24.3 Å². The summed E-state index contributed by atoms with van der Waals surface area (Å²) < 4.78 is 2.65. The summed E-state index contributed by atoms with van der Waals surface area (Å²) >= 11 is 22.4. The van der Waals surface area contributed by atoms with Crippen molar-refractivity contribution in [2.45, 2.75) is 16.9 Å². The molecule has 0 saturated heterocycles. The van der Waals surface area contributed by atoms with Gasteiger partial charge in [0.15, 0.2) is 11.3 Å². The molecule has 1 rings (SSSR count). The molecule has 0 spiro atoms. The van der Waals surface area contributed by atoms with Gasteiger partial charge in [-0.15, -0.1) is 0 Å². The topological polar surface area (TPSA) is 62.4 Å². The molecular formula is C12H14Cl3N3O2S. The lowest BCUT2D eigenvalue weighted by Crippen LogP contribution is -2.56. The molecule has 116 valence electrons. The van der Waals surface area contributed by atoms with E-state index in [0.717, 1.165) is 11.3 Å². The number of thiocarbonyl (C=S) groups is 1. The average Bonchev–Trinajstić information content (AvgIpc) is 2.39. The van der Waals surface area contributed by atoms with Gasteiger partial charge in [-0.25, -0.2) is 4.79 Å². The molecular weight excluding hydrogens is 357 g/mol. The number of methoxy groups -OCH3 is 1. The van der Waals surface area contributed by atoms with E-state index in [0.29, 0.717) is 0 Å². The van der Waals surface area contributed by atoms with Crippen LogP contribution in [0.4, 0.5) is 10.5 Å². The number of carbonyl (C=O) groups is 1. The van der Waals surface area contributed by atoms with Crippen LogP contribution in [0, 0.1) is 6.92 Å². The Balaban J connectivity index is 2.67. The van der Waals surface area contributed by atoms with E-state index in [9.17, 15) is 4.79 Å². The smallest absolute Gasteiger partial charge is 0.408 e. The van der Waals surface area contributed by atoms with Gasteiger partial charge in [0, 0.05) is 5.69 Å². The Morgan fingerprint density at radius 1 is 1.24 bits per heavy atom. The van der Waals surface area contributed by atoms with E-state index in [1.165, 1.54) is 7.11 Å².